The minimum absolute atomic E-state index is 0.288. The van der Waals surface area contributed by atoms with E-state index in [1.165, 1.54) is 6.92 Å². The summed E-state index contributed by atoms with van der Waals surface area (Å²) >= 11 is 0. The van der Waals surface area contributed by atoms with Crippen LogP contribution in [-0.4, -0.2) is 35.6 Å². The van der Waals surface area contributed by atoms with Crippen LogP contribution in [0.15, 0.2) is 42.7 Å². The maximum atomic E-state index is 11.9. The molecule has 22 heavy (non-hydrogen) atoms. The Hall–Kier alpha value is -2.15. The highest BCUT2D eigenvalue weighted by Crippen LogP contribution is 2.10. The molecule has 1 atom stereocenters. The molecular weight excluding hydrogens is 302 g/mol. The van der Waals surface area contributed by atoms with Crippen molar-refractivity contribution in [1.82, 2.24) is 15.1 Å². The van der Waals surface area contributed by atoms with Crippen LogP contribution in [0.3, 0.4) is 0 Å². The van der Waals surface area contributed by atoms with E-state index in [-0.39, 0.29) is 6.54 Å². The molecule has 0 radical (unpaired) electrons. The Labute approximate surface area is 130 Å². The quantitative estimate of drug-likeness (QED) is 0.860. The Morgan fingerprint density at radius 1 is 1.27 bits per heavy atom. The minimum atomic E-state index is -3.38. The topological polar surface area (TPSA) is 81.1 Å². The number of rotatable bonds is 6. The number of sulfone groups is 1. The van der Waals surface area contributed by atoms with Crippen molar-refractivity contribution in [1.29, 1.82) is 0 Å². The van der Waals surface area contributed by atoms with Crippen LogP contribution >= 0.6 is 0 Å². The van der Waals surface area contributed by atoms with Crippen LogP contribution in [-0.2, 0) is 27.7 Å². The number of nitrogens with zero attached hydrogens (tertiary/aromatic N) is 2. The number of aromatic nitrogens is 2. The fraction of sp³-hybridized carbons (Fsp3) is 0.333. The summed E-state index contributed by atoms with van der Waals surface area (Å²) in [6.07, 6.45) is 4.63. The van der Waals surface area contributed by atoms with Crippen molar-refractivity contribution in [3.63, 3.8) is 0 Å². The minimum Gasteiger partial charge on any atom is -0.351 e. The fourth-order valence-corrected chi connectivity index (χ4v) is 2.45. The van der Waals surface area contributed by atoms with E-state index in [2.05, 4.69) is 10.4 Å². The highest BCUT2D eigenvalue weighted by Gasteiger charge is 2.23. The summed E-state index contributed by atoms with van der Waals surface area (Å²) in [5.74, 6) is -0.489. The number of hydrogen-bond acceptors (Lipinski definition) is 4. The van der Waals surface area contributed by atoms with E-state index in [1.54, 1.807) is 10.9 Å². The molecule has 0 unspecified atom stereocenters. The highest BCUT2D eigenvalue weighted by molar-refractivity contribution is 7.92. The Morgan fingerprint density at radius 2 is 1.95 bits per heavy atom. The number of amides is 1. The molecule has 0 bridgehead atoms. The van der Waals surface area contributed by atoms with Crippen molar-refractivity contribution >= 4 is 15.7 Å². The van der Waals surface area contributed by atoms with Gasteiger partial charge in [-0.15, -0.1) is 0 Å². The van der Waals surface area contributed by atoms with E-state index in [0.29, 0.717) is 6.54 Å². The lowest BCUT2D eigenvalue weighted by atomic mass is 10.1. The molecule has 1 aromatic heterocycles. The smallest absolute Gasteiger partial charge is 0.238 e. The molecule has 0 fully saturated rings. The monoisotopic (exact) mass is 321 g/mol. The van der Waals surface area contributed by atoms with E-state index >= 15 is 0 Å². The Kier molecular flexibility index (Phi) is 4.97. The first-order chi connectivity index (χ1) is 10.4. The Balaban J connectivity index is 2.06. The molecule has 118 valence electrons. The molecule has 0 saturated carbocycles. The molecule has 0 aliphatic rings. The molecule has 6 nitrogen and oxygen atoms in total. The third-order valence-electron chi connectivity index (χ3n) is 3.47. The lowest BCUT2D eigenvalue weighted by Crippen LogP contribution is -2.37. The molecule has 2 aromatic rings. The molecule has 0 aliphatic heterocycles. The molecule has 1 amide bonds. The first kappa shape index (κ1) is 16.2. The van der Waals surface area contributed by atoms with Gasteiger partial charge in [0.15, 0.2) is 9.84 Å². The molecule has 0 spiro atoms. The van der Waals surface area contributed by atoms with Gasteiger partial charge in [-0.2, -0.15) is 5.10 Å². The van der Waals surface area contributed by atoms with Crippen LogP contribution in [0.2, 0.25) is 0 Å². The van der Waals surface area contributed by atoms with Crippen LogP contribution in [0.1, 0.15) is 18.1 Å². The standard InChI is InChI=1S/C15H19N3O3S/c1-12(22(2,20)21)15(19)16-10-13-6-3-4-7-14(13)11-18-9-5-8-17-18/h3-9,12H,10-11H2,1-2H3,(H,16,19)/t12-/m1/s1. The molecular formula is C15H19N3O3S. The van der Waals surface area contributed by atoms with Gasteiger partial charge in [-0.1, -0.05) is 24.3 Å². The predicted octanol–water partition coefficient (Wildman–Crippen LogP) is 0.981. The number of benzene rings is 1. The second-order valence-electron chi connectivity index (χ2n) is 5.16. The van der Waals surface area contributed by atoms with E-state index < -0.39 is 21.0 Å². The van der Waals surface area contributed by atoms with Gasteiger partial charge in [0.2, 0.25) is 5.91 Å². The number of nitrogens with one attached hydrogen (secondary N) is 1. The van der Waals surface area contributed by atoms with Crippen molar-refractivity contribution in [2.75, 3.05) is 6.26 Å². The summed E-state index contributed by atoms with van der Waals surface area (Å²) in [5.41, 5.74) is 1.96. The molecule has 1 N–H and O–H groups in total. The van der Waals surface area contributed by atoms with E-state index in [0.717, 1.165) is 17.4 Å². The normalized spacial score (nSPS) is 12.8. The predicted molar refractivity (Wildman–Crippen MR) is 83.9 cm³/mol. The molecule has 0 aliphatic carbocycles. The van der Waals surface area contributed by atoms with Crippen molar-refractivity contribution in [3.05, 3.63) is 53.9 Å². The van der Waals surface area contributed by atoms with Crippen molar-refractivity contribution in [3.8, 4) is 0 Å². The number of carbonyl (C=O) groups is 1. The van der Waals surface area contributed by atoms with Gasteiger partial charge in [0, 0.05) is 25.2 Å². The maximum absolute atomic E-state index is 11.9. The summed E-state index contributed by atoms with van der Waals surface area (Å²) in [6, 6.07) is 9.52. The second-order valence-corrected chi connectivity index (χ2v) is 7.53. The first-order valence-electron chi connectivity index (χ1n) is 6.88. The van der Waals surface area contributed by atoms with Crippen LogP contribution < -0.4 is 5.32 Å². The molecule has 1 heterocycles. The summed E-state index contributed by atoms with van der Waals surface area (Å²) in [6.45, 7) is 2.27. The highest BCUT2D eigenvalue weighted by atomic mass is 32.2. The average Bonchev–Trinajstić information content (AvgIpc) is 2.97. The van der Waals surface area contributed by atoms with Crippen LogP contribution in [0.4, 0.5) is 0 Å². The lowest BCUT2D eigenvalue weighted by molar-refractivity contribution is -0.120. The molecule has 1 aromatic carbocycles. The van der Waals surface area contributed by atoms with Crippen molar-refractivity contribution in [2.45, 2.75) is 25.3 Å². The van der Waals surface area contributed by atoms with Gasteiger partial charge in [0.25, 0.3) is 0 Å². The fourth-order valence-electron chi connectivity index (χ4n) is 1.97. The zero-order chi connectivity index (χ0) is 16.2. The van der Waals surface area contributed by atoms with E-state index in [1.807, 2.05) is 36.5 Å². The van der Waals surface area contributed by atoms with Gasteiger partial charge in [-0.05, 0) is 24.1 Å². The SMILES string of the molecule is C[C@H](C(=O)NCc1ccccc1Cn1cccn1)S(C)(=O)=O. The molecule has 0 saturated heterocycles. The summed E-state index contributed by atoms with van der Waals surface area (Å²) in [5, 5.41) is 5.79. The zero-order valence-electron chi connectivity index (χ0n) is 12.6. The third-order valence-corrected chi connectivity index (χ3v) is 4.97. The van der Waals surface area contributed by atoms with Crippen molar-refractivity contribution < 1.29 is 13.2 Å². The summed E-state index contributed by atoms with van der Waals surface area (Å²) in [4.78, 5) is 11.9. The van der Waals surface area contributed by atoms with Crippen molar-refractivity contribution in [2.24, 2.45) is 0 Å². The lowest BCUT2D eigenvalue weighted by Gasteiger charge is -2.13. The van der Waals surface area contributed by atoms with E-state index in [9.17, 15) is 13.2 Å². The summed E-state index contributed by atoms with van der Waals surface area (Å²) in [7, 11) is -3.38. The molecule has 7 heteroatoms. The van der Waals surface area contributed by atoms with Gasteiger partial charge >= 0.3 is 0 Å². The average molecular weight is 321 g/mol. The van der Waals surface area contributed by atoms with Crippen LogP contribution in [0, 0.1) is 0 Å². The van der Waals surface area contributed by atoms with Gasteiger partial charge in [-0.3, -0.25) is 9.48 Å². The number of hydrogen-bond donors (Lipinski definition) is 1. The van der Waals surface area contributed by atoms with Gasteiger partial charge < -0.3 is 5.32 Å². The number of carbonyl (C=O) groups excluding carboxylic acids is 1. The second kappa shape index (κ2) is 6.74. The van der Waals surface area contributed by atoms with Crippen LogP contribution in [0.25, 0.3) is 0 Å². The Morgan fingerprint density at radius 3 is 2.55 bits per heavy atom. The third kappa shape index (κ3) is 4.17. The van der Waals surface area contributed by atoms with Gasteiger partial charge in [0.1, 0.15) is 5.25 Å². The van der Waals surface area contributed by atoms with E-state index in [4.69, 9.17) is 0 Å². The van der Waals surface area contributed by atoms with Gasteiger partial charge in [0.05, 0.1) is 6.54 Å². The van der Waals surface area contributed by atoms with Gasteiger partial charge in [-0.25, -0.2) is 8.42 Å². The molecule has 2 rings (SSSR count). The zero-order valence-corrected chi connectivity index (χ0v) is 13.4. The largest absolute Gasteiger partial charge is 0.351 e. The first-order valence-corrected chi connectivity index (χ1v) is 8.84. The Bertz CT molecular complexity index is 739. The van der Waals surface area contributed by atoms with Crippen LogP contribution in [0.5, 0.6) is 0 Å². The maximum Gasteiger partial charge on any atom is 0.238 e. The summed E-state index contributed by atoms with van der Waals surface area (Å²) < 4.78 is 24.6.